The molecule has 0 unspecified atom stereocenters. The highest BCUT2D eigenvalue weighted by molar-refractivity contribution is 7.92. The molecule has 2 amide bonds. The summed E-state index contributed by atoms with van der Waals surface area (Å²) >= 11 is 6.46. The third-order valence-electron chi connectivity index (χ3n) is 6.43. The van der Waals surface area contributed by atoms with Crippen LogP contribution in [0.2, 0.25) is 5.02 Å². The molecule has 3 aromatic rings. The molecule has 0 aliphatic carbocycles. The Morgan fingerprint density at radius 3 is 2.13 bits per heavy atom. The van der Waals surface area contributed by atoms with Crippen LogP contribution in [0.4, 0.5) is 5.69 Å². The monoisotopic (exact) mass is 569 g/mol. The molecule has 1 N–H and O–H groups in total. The third kappa shape index (κ3) is 8.57. The van der Waals surface area contributed by atoms with Gasteiger partial charge in [0.25, 0.3) is 0 Å². The average molecular weight is 570 g/mol. The van der Waals surface area contributed by atoms with Gasteiger partial charge in [0, 0.05) is 24.5 Å². The number of nitrogens with one attached hydrogen (secondary N) is 1. The van der Waals surface area contributed by atoms with E-state index in [-0.39, 0.29) is 18.9 Å². The molecule has 39 heavy (non-hydrogen) atoms. The number of hydrogen-bond donors (Lipinski definition) is 1. The van der Waals surface area contributed by atoms with Crippen molar-refractivity contribution in [3.05, 3.63) is 101 Å². The number of nitrogens with zero attached hydrogens (tertiary/aromatic N) is 2. The van der Waals surface area contributed by atoms with E-state index >= 15 is 0 Å². The first-order valence-corrected chi connectivity index (χ1v) is 15.3. The predicted molar refractivity (Wildman–Crippen MR) is 157 cm³/mol. The van der Waals surface area contributed by atoms with Crippen LogP contribution in [0.15, 0.2) is 78.9 Å². The van der Waals surface area contributed by atoms with E-state index in [2.05, 4.69) is 5.32 Å². The molecule has 1 atom stereocenters. The van der Waals surface area contributed by atoms with Gasteiger partial charge in [-0.25, -0.2) is 8.42 Å². The summed E-state index contributed by atoms with van der Waals surface area (Å²) in [5, 5.41) is 3.38. The van der Waals surface area contributed by atoms with E-state index in [9.17, 15) is 18.0 Å². The fourth-order valence-electron chi connectivity index (χ4n) is 4.24. The molecule has 0 saturated carbocycles. The summed E-state index contributed by atoms with van der Waals surface area (Å²) < 4.78 is 26.8. The zero-order chi connectivity index (χ0) is 28.4. The molecular formula is C30H36ClN3O4S. The molecule has 0 fully saturated rings. The zero-order valence-corrected chi connectivity index (χ0v) is 24.2. The Labute approximate surface area is 236 Å². The minimum absolute atomic E-state index is 0.0436. The number of halogens is 1. The Morgan fingerprint density at radius 1 is 0.897 bits per heavy atom. The molecule has 0 saturated heterocycles. The second-order valence-corrected chi connectivity index (χ2v) is 11.7. The normalized spacial score (nSPS) is 12.0. The lowest BCUT2D eigenvalue weighted by Gasteiger charge is -2.33. The van der Waals surface area contributed by atoms with Gasteiger partial charge >= 0.3 is 0 Å². The molecule has 0 radical (unpaired) electrons. The number of rotatable bonds is 13. The Hall–Kier alpha value is -3.36. The second-order valence-electron chi connectivity index (χ2n) is 9.40. The van der Waals surface area contributed by atoms with Gasteiger partial charge in [-0.05, 0) is 47.7 Å². The summed E-state index contributed by atoms with van der Waals surface area (Å²) in [6.45, 7) is 4.00. The molecule has 0 aliphatic heterocycles. The quantitative estimate of drug-likeness (QED) is 0.319. The molecule has 0 bridgehead atoms. The van der Waals surface area contributed by atoms with Crippen LogP contribution in [0.5, 0.6) is 0 Å². The Kier molecular flexibility index (Phi) is 10.9. The summed E-state index contributed by atoms with van der Waals surface area (Å²) in [6, 6.07) is 22.8. The van der Waals surface area contributed by atoms with Crippen LogP contribution in [0.25, 0.3) is 0 Å². The number of carbonyl (C=O) groups is 2. The lowest BCUT2D eigenvalue weighted by Crippen LogP contribution is -2.53. The maximum atomic E-state index is 14.0. The summed E-state index contributed by atoms with van der Waals surface area (Å²) in [4.78, 5) is 28.9. The highest BCUT2D eigenvalue weighted by Gasteiger charge is 2.33. The molecule has 9 heteroatoms. The van der Waals surface area contributed by atoms with Crippen molar-refractivity contribution in [1.82, 2.24) is 10.2 Å². The molecule has 7 nitrogen and oxygen atoms in total. The zero-order valence-electron chi connectivity index (χ0n) is 22.6. The van der Waals surface area contributed by atoms with Crippen LogP contribution in [-0.2, 0) is 39.0 Å². The van der Waals surface area contributed by atoms with E-state index in [1.165, 1.54) is 4.90 Å². The van der Waals surface area contributed by atoms with Crippen molar-refractivity contribution < 1.29 is 18.0 Å². The molecule has 3 rings (SSSR count). The van der Waals surface area contributed by atoms with E-state index in [0.29, 0.717) is 22.8 Å². The van der Waals surface area contributed by atoms with E-state index < -0.39 is 28.5 Å². The standard InChI is InChI=1S/C30H36ClN3O4S/c1-4-19-32-30(36)28(20-24-11-7-6-8-12-24)33(21-25-13-9-10-14-27(25)31)29(35)22-34(39(3,37)38)26-17-15-23(5-2)16-18-26/h6-18,28H,4-5,19-22H2,1-3H3,(H,32,36)/t28-/m1/s1. The van der Waals surface area contributed by atoms with Gasteiger partial charge in [-0.15, -0.1) is 0 Å². The van der Waals surface area contributed by atoms with Gasteiger partial charge < -0.3 is 10.2 Å². The van der Waals surface area contributed by atoms with Crippen LogP contribution in [-0.4, -0.2) is 50.5 Å². The van der Waals surface area contributed by atoms with Gasteiger partial charge in [0.15, 0.2) is 0 Å². The second kappa shape index (κ2) is 14.1. The van der Waals surface area contributed by atoms with Crippen molar-refractivity contribution in [1.29, 1.82) is 0 Å². The molecule has 208 valence electrons. The lowest BCUT2D eigenvalue weighted by atomic mass is 10.0. The largest absolute Gasteiger partial charge is 0.354 e. The number of hydrogen-bond acceptors (Lipinski definition) is 4. The third-order valence-corrected chi connectivity index (χ3v) is 7.94. The van der Waals surface area contributed by atoms with Gasteiger partial charge in [0.2, 0.25) is 21.8 Å². The fourth-order valence-corrected chi connectivity index (χ4v) is 5.29. The van der Waals surface area contributed by atoms with Crippen LogP contribution < -0.4 is 9.62 Å². The van der Waals surface area contributed by atoms with Crippen molar-refractivity contribution in [3.8, 4) is 0 Å². The van der Waals surface area contributed by atoms with Crippen molar-refractivity contribution in [3.63, 3.8) is 0 Å². The molecular weight excluding hydrogens is 534 g/mol. The predicted octanol–water partition coefficient (Wildman–Crippen LogP) is 4.83. The average Bonchev–Trinajstić information content (AvgIpc) is 2.93. The van der Waals surface area contributed by atoms with E-state index in [1.807, 2.05) is 62.4 Å². The van der Waals surface area contributed by atoms with Gasteiger partial charge in [0.1, 0.15) is 12.6 Å². The van der Waals surface area contributed by atoms with E-state index in [4.69, 9.17) is 11.6 Å². The van der Waals surface area contributed by atoms with Gasteiger partial charge in [-0.1, -0.05) is 86.1 Å². The number of benzene rings is 3. The fraction of sp³-hybridized carbons (Fsp3) is 0.333. The molecule has 0 heterocycles. The minimum atomic E-state index is -3.81. The van der Waals surface area contributed by atoms with Crippen molar-refractivity contribution in [2.24, 2.45) is 0 Å². The molecule has 0 aromatic heterocycles. The van der Waals surface area contributed by atoms with Gasteiger partial charge in [0.05, 0.1) is 11.9 Å². The highest BCUT2D eigenvalue weighted by atomic mass is 35.5. The summed E-state index contributed by atoms with van der Waals surface area (Å²) in [5.74, 6) is -0.813. The van der Waals surface area contributed by atoms with Crippen molar-refractivity contribution >= 4 is 39.1 Å². The van der Waals surface area contributed by atoms with Gasteiger partial charge in [-0.2, -0.15) is 0 Å². The molecule has 0 spiro atoms. The van der Waals surface area contributed by atoms with Crippen LogP contribution in [0, 0.1) is 0 Å². The van der Waals surface area contributed by atoms with Crippen molar-refractivity contribution in [2.45, 2.75) is 45.7 Å². The first-order chi connectivity index (χ1) is 18.6. The number of aryl methyl sites for hydroxylation is 1. The topological polar surface area (TPSA) is 86.8 Å². The number of anilines is 1. The highest BCUT2D eigenvalue weighted by Crippen LogP contribution is 2.23. The Morgan fingerprint density at radius 2 is 1.54 bits per heavy atom. The smallest absolute Gasteiger partial charge is 0.244 e. The number of sulfonamides is 1. The first-order valence-electron chi connectivity index (χ1n) is 13.0. The summed E-state index contributed by atoms with van der Waals surface area (Å²) in [6.07, 6.45) is 2.87. The summed E-state index contributed by atoms with van der Waals surface area (Å²) in [7, 11) is -3.81. The van der Waals surface area contributed by atoms with E-state index in [0.717, 1.165) is 34.5 Å². The molecule has 3 aromatic carbocycles. The number of carbonyl (C=O) groups excluding carboxylic acids is 2. The Balaban J connectivity index is 2.04. The lowest BCUT2D eigenvalue weighted by molar-refractivity contribution is -0.140. The van der Waals surface area contributed by atoms with Crippen LogP contribution >= 0.6 is 11.6 Å². The van der Waals surface area contributed by atoms with Crippen molar-refractivity contribution in [2.75, 3.05) is 23.7 Å². The van der Waals surface area contributed by atoms with Crippen LogP contribution in [0.3, 0.4) is 0 Å². The maximum absolute atomic E-state index is 14.0. The van der Waals surface area contributed by atoms with Crippen LogP contribution in [0.1, 0.15) is 37.0 Å². The molecule has 0 aliphatic rings. The first kappa shape index (κ1) is 30.2. The Bertz CT molecular complexity index is 1350. The number of amides is 2. The van der Waals surface area contributed by atoms with E-state index in [1.54, 1.807) is 30.3 Å². The van der Waals surface area contributed by atoms with Gasteiger partial charge in [-0.3, -0.25) is 13.9 Å². The summed E-state index contributed by atoms with van der Waals surface area (Å²) in [5.41, 5.74) is 2.97. The SMILES string of the molecule is CCCNC(=O)[C@@H](Cc1ccccc1)N(Cc1ccccc1Cl)C(=O)CN(c1ccc(CC)cc1)S(C)(=O)=O. The minimum Gasteiger partial charge on any atom is -0.354 e. The maximum Gasteiger partial charge on any atom is 0.244 e.